The van der Waals surface area contributed by atoms with Crippen LogP contribution in [0.4, 0.5) is 5.69 Å². The zero-order valence-corrected chi connectivity index (χ0v) is 15.7. The Morgan fingerprint density at radius 2 is 1.64 bits per heavy atom. The molecule has 25 heavy (non-hydrogen) atoms. The van der Waals surface area contributed by atoms with E-state index in [9.17, 15) is 9.00 Å². The average molecular weight is 356 g/mol. The minimum atomic E-state index is -1.55. The molecule has 0 saturated heterocycles. The van der Waals surface area contributed by atoms with Gasteiger partial charge in [0.15, 0.2) is 0 Å². The summed E-state index contributed by atoms with van der Waals surface area (Å²) in [5.41, 5.74) is 1.80. The van der Waals surface area contributed by atoms with Gasteiger partial charge in [0, 0.05) is 29.9 Å². The molecule has 0 saturated carbocycles. The highest BCUT2D eigenvalue weighted by Gasteiger charge is 2.20. The van der Waals surface area contributed by atoms with Crippen molar-refractivity contribution in [3.05, 3.63) is 71.3 Å². The normalized spacial score (nSPS) is 12.5. The predicted molar refractivity (Wildman–Crippen MR) is 104 cm³/mol. The van der Waals surface area contributed by atoms with Crippen LogP contribution in [0.15, 0.2) is 70.6 Å². The summed E-state index contributed by atoms with van der Waals surface area (Å²) in [5, 5.41) is 2.85. The van der Waals surface area contributed by atoms with Crippen molar-refractivity contribution in [3.8, 4) is 0 Å². The lowest BCUT2D eigenvalue weighted by atomic mass is 10.2. The molecule has 1 amide bonds. The summed E-state index contributed by atoms with van der Waals surface area (Å²) in [6.07, 6.45) is 1.70. The molecule has 0 radical (unpaired) electrons. The smallest absolute Gasteiger partial charge is 0.266 e. The van der Waals surface area contributed by atoms with Gasteiger partial charge in [-0.3, -0.25) is 4.79 Å². The van der Waals surface area contributed by atoms with Crippen LogP contribution in [0.25, 0.3) is 0 Å². The molecule has 1 atom stereocenters. The van der Waals surface area contributed by atoms with Gasteiger partial charge >= 0.3 is 0 Å². The van der Waals surface area contributed by atoms with Crippen LogP contribution in [0.2, 0.25) is 0 Å². The van der Waals surface area contributed by atoms with Crippen molar-refractivity contribution in [2.24, 2.45) is 0 Å². The summed E-state index contributed by atoms with van der Waals surface area (Å²) in [5.74, 6) is -0.349. The van der Waals surface area contributed by atoms with E-state index in [1.807, 2.05) is 68.1 Å². The summed E-state index contributed by atoms with van der Waals surface area (Å²) < 4.78 is 13.0. The number of carbonyl (C=O) groups is 1. The van der Waals surface area contributed by atoms with Crippen LogP contribution in [0.5, 0.6) is 0 Å². The maximum Gasteiger partial charge on any atom is 0.266 e. The van der Waals surface area contributed by atoms with Crippen LogP contribution < -0.4 is 5.32 Å². The highest BCUT2D eigenvalue weighted by atomic mass is 32.2. The van der Waals surface area contributed by atoms with Gasteiger partial charge in [-0.2, -0.15) is 0 Å². The van der Waals surface area contributed by atoms with E-state index in [4.69, 9.17) is 0 Å². The first kappa shape index (κ1) is 18.9. The summed E-state index contributed by atoms with van der Waals surface area (Å²) in [7, 11) is -1.55. The van der Waals surface area contributed by atoms with E-state index in [0.717, 1.165) is 18.7 Å². The lowest BCUT2D eigenvalue weighted by Gasteiger charge is -2.18. The molecule has 0 aliphatic rings. The molecule has 0 aromatic heterocycles. The molecular weight excluding hydrogens is 332 g/mol. The largest absolute Gasteiger partial charge is 0.377 e. The third-order valence-corrected chi connectivity index (χ3v) is 5.19. The topological polar surface area (TPSA) is 49.4 Å². The second-order valence-corrected chi connectivity index (χ2v) is 7.07. The van der Waals surface area contributed by atoms with Crippen molar-refractivity contribution in [2.75, 3.05) is 18.4 Å². The maximum atomic E-state index is 13.0. The Labute approximate surface area is 152 Å². The second-order valence-electron chi connectivity index (χ2n) is 5.62. The van der Waals surface area contributed by atoms with E-state index >= 15 is 0 Å². The fraction of sp³-hybridized carbons (Fsp3) is 0.250. The average Bonchev–Trinajstić information content (AvgIpc) is 2.65. The Kier molecular flexibility index (Phi) is 6.95. The van der Waals surface area contributed by atoms with E-state index in [0.29, 0.717) is 10.6 Å². The van der Waals surface area contributed by atoms with Gasteiger partial charge in [0.2, 0.25) is 0 Å². The fourth-order valence-electron chi connectivity index (χ4n) is 2.26. The SMILES string of the molecule is CCN(/C=C(/C(=O)Nc1ccc(C)cc1)S(=O)c1ccccc1)CC. The van der Waals surface area contributed by atoms with Crippen molar-refractivity contribution in [1.29, 1.82) is 0 Å². The number of benzene rings is 2. The third-order valence-electron chi connectivity index (χ3n) is 3.80. The van der Waals surface area contributed by atoms with Crippen molar-refractivity contribution < 1.29 is 9.00 Å². The first-order valence-electron chi connectivity index (χ1n) is 8.35. The van der Waals surface area contributed by atoms with Crippen molar-refractivity contribution in [3.63, 3.8) is 0 Å². The summed E-state index contributed by atoms with van der Waals surface area (Å²) >= 11 is 0. The molecule has 2 aromatic carbocycles. The maximum absolute atomic E-state index is 13.0. The molecule has 0 heterocycles. The minimum absolute atomic E-state index is 0.246. The number of anilines is 1. The monoisotopic (exact) mass is 356 g/mol. The van der Waals surface area contributed by atoms with Gasteiger partial charge in [0.25, 0.3) is 5.91 Å². The van der Waals surface area contributed by atoms with E-state index in [-0.39, 0.29) is 10.8 Å². The molecule has 0 fully saturated rings. The third kappa shape index (κ3) is 5.29. The predicted octanol–water partition coefficient (Wildman–Crippen LogP) is 3.92. The second kappa shape index (κ2) is 9.18. The lowest BCUT2D eigenvalue weighted by molar-refractivity contribution is -0.112. The van der Waals surface area contributed by atoms with Crippen molar-refractivity contribution >= 4 is 22.4 Å². The van der Waals surface area contributed by atoms with Gasteiger partial charge in [-0.05, 0) is 45.0 Å². The number of amides is 1. The quantitative estimate of drug-likeness (QED) is 0.765. The Morgan fingerprint density at radius 3 is 2.20 bits per heavy atom. The molecule has 0 aliphatic carbocycles. The molecule has 0 bridgehead atoms. The molecule has 1 unspecified atom stereocenters. The van der Waals surface area contributed by atoms with Crippen LogP contribution in [0.1, 0.15) is 19.4 Å². The van der Waals surface area contributed by atoms with Gasteiger partial charge < -0.3 is 10.2 Å². The number of aryl methyl sites for hydroxylation is 1. The molecule has 2 aromatic rings. The van der Waals surface area contributed by atoms with E-state index in [1.165, 1.54) is 0 Å². The van der Waals surface area contributed by atoms with E-state index in [1.54, 1.807) is 18.3 Å². The van der Waals surface area contributed by atoms with Crippen molar-refractivity contribution in [2.45, 2.75) is 25.7 Å². The van der Waals surface area contributed by atoms with Crippen LogP contribution in [0.3, 0.4) is 0 Å². The Bertz CT molecular complexity index is 751. The molecule has 132 valence electrons. The van der Waals surface area contributed by atoms with Crippen LogP contribution in [0, 0.1) is 6.92 Å². The minimum Gasteiger partial charge on any atom is -0.377 e. The number of nitrogens with zero attached hydrogens (tertiary/aromatic N) is 1. The fourth-order valence-corrected chi connectivity index (χ4v) is 3.39. The molecule has 2 rings (SSSR count). The Hall–Kier alpha value is -2.40. The number of rotatable bonds is 7. The van der Waals surface area contributed by atoms with Crippen LogP contribution in [-0.4, -0.2) is 28.1 Å². The van der Waals surface area contributed by atoms with Crippen molar-refractivity contribution in [1.82, 2.24) is 4.90 Å². The number of carbonyl (C=O) groups excluding carboxylic acids is 1. The molecular formula is C20H24N2O2S. The molecule has 0 aliphatic heterocycles. The van der Waals surface area contributed by atoms with Gasteiger partial charge in [-0.15, -0.1) is 0 Å². The zero-order valence-electron chi connectivity index (χ0n) is 14.9. The van der Waals surface area contributed by atoms with Crippen LogP contribution in [-0.2, 0) is 15.6 Å². The first-order valence-corrected chi connectivity index (χ1v) is 9.50. The molecule has 1 N–H and O–H groups in total. The van der Waals surface area contributed by atoms with Gasteiger partial charge in [0.05, 0.1) is 10.8 Å². The standard InChI is InChI=1S/C20H24N2O2S/c1-4-22(5-2)15-19(25(24)18-9-7-6-8-10-18)20(23)21-17-13-11-16(3)12-14-17/h6-15H,4-5H2,1-3H3,(H,21,23)/b19-15-. The summed E-state index contributed by atoms with van der Waals surface area (Å²) in [6.45, 7) is 7.47. The lowest BCUT2D eigenvalue weighted by Crippen LogP contribution is -2.23. The first-order chi connectivity index (χ1) is 12.0. The Morgan fingerprint density at radius 1 is 1.04 bits per heavy atom. The highest BCUT2D eigenvalue weighted by Crippen LogP contribution is 2.18. The number of nitrogens with one attached hydrogen (secondary N) is 1. The van der Waals surface area contributed by atoms with Gasteiger partial charge in [0.1, 0.15) is 4.91 Å². The highest BCUT2D eigenvalue weighted by molar-refractivity contribution is 7.90. The van der Waals surface area contributed by atoms with Crippen LogP contribution >= 0.6 is 0 Å². The summed E-state index contributed by atoms with van der Waals surface area (Å²) in [4.78, 5) is 15.6. The van der Waals surface area contributed by atoms with E-state index < -0.39 is 10.8 Å². The van der Waals surface area contributed by atoms with Gasteiger partial charge in [-0.1, -0.05) is 35.9 Å². The zero-order chi connectivity index (χ0) is 18.2. The Balaban J connectivity index is 2.32. The van der Waals surface area contributed by atoms with Gasteiger partial charge in [-0.25, -0.2) is 4.21 Å². The summed E-state index contributed by atoms with van der Waals surface area (Å²) in [6, 6.07) is 16.6. The number of hydrogen-bond donors (Lipinski definition) is 1. The number of hydrogen-bond acceptors (Lipinski definition) is 3. The van der Waals surface area contributed by atoms with E-state index in [2.05, 4.69) is 5.32 Å². The molecule has 5 heteroatoms. The molecule has 4 nitrogen and oxygen atoms in total. The molecule has 0 spiro atoms.